The molecular formula is C17H19BrN2O. The summed E-state index contributed by atoms with van der Waals surface area (Å²) >= 11 is 3.51. The van der Waals surface area contributed by atoms with Gasteiger partial charge in [0.25, 0.3) is 0 Å². The Kier molecular flexibility index (Phi) is 4.46. The van der Waals surface area contributed by atoms with Crippen LogP contribution in [0.15, 0.2) is 53.0 Å². The van der Waals surface area contributed by atoms with E-state index in [1.165, 1.54) is 11.3 Å². The molecule has 0 spiro atoms. The summed E-state index contributed by atoms with van der Waals surface area (Å²) in [6.45, 7) is 2.96. The summed E-state index contributed by atoms with van der Waals surface area (Å²) in [5, 5.41) is 3.59. The summed E-state index contributed by atoms with van der Waals surface area (Å²) < 4.78 is 6.39. The molecule has 0 aliphatic carbocycles. The number of rotatable bonds is 3. The van der Waals surface area contributed by atoms with Gasteiger partial charge in [-0.3, -0.25) is 0 Å². The lowest BCUT2D eigenvalue weighted by atomic mass is 10.0. The second kappa shape index (κ2) is 6.50. The van der Waals surface area contributed by atoms with Crippen LogP contribution in [0.25, 0.3) is 0 Å². The van der Waals surface area contributed by atoms with Crippen molar-refractivity contribution in [3.8, 4) is 5.75 Å². The Balaban J connectivity index is 1.80. The van der Waals surface area contributed by atoms with Gasteiger partial charge in [-0.2, -0.15) is 0 Å². The van der Waals surface area contributed by atoms with Crippen LogP contribution in [0.4, 0.5) is 5.69 Å². The highest BCUT2D eigenvalue weighted by atomic mass is 79.9. The molecule has 1 atom stereocenters. The van der Waals surface area contributed by atoms with Crippen molar-refractivity contribution in [1.29, 1.82) is 0 Å². The van der Waals surface area contributed by atoms with E-state index in [1.54, 1.807) is 7.11 Å². The number of nitrogens with one attached hydrogen (secondary N) is 1. The minimum Gasteiger partial charge on any atom is -0.495 e. The maximum atomic E-state index is 5.40. The van der Waals surface area contributed by atoms with Crippen molar-refractivity contribution in [2.45, 2.75) is 6.04 Å². The first-order valence-corrected chi connectivity index (χ1v) is 7.94. The molecule has 0 radical (unpaired) electrons. The van der Waals surface area contributed by atoms with E-state index in [0.717, 1.165) is 29.9 Å². The molecule has 0 saturated carbocycles. The first kappa shape index (κ1) is 14.4. The van der Waals surface area contributed by atoms with E-state index >= 15 is 0 Å². The largest absolute Gasteiger partial charge is 0.495 e. The number of nitrogens with zero attached hydrogens (tertiary/aromatic N) is 1. The third kappa shape index (κ3) is 3.22. The van der Waals surface area contributed by atoms with Gasteiger partial charge in [-0.1, -0.05) is 30.3 Å². The Morgan fingerprint density at radius 2 is 2.00 bits per heavy atom. The lowest BCUT2D eigenvalue weighted by Gasteiger charge is -2.35. The van der Waals surface area contributed by atoms with Gasteiger partial charge in [0.05, 0.1) is 11.6 Å². The van der Waals surface area contributed by atoms with Gasteiger partial charge in [0.15, 0.2) is 0 Å². The van der Waals surface area contributed by atoms with Crippen LogP contribution < -0.4 is 15.0 Å². The van der Waals surface area contributed by atoms with Crippen LogP contribution in [0.3, 0.4) is 0 Å². The highest BCUT2D eigenvalue weighted by Gasteiger charge is 2.21. The minimum absolute atomic E-state index is 0.370. The monoisotopic (exact) mass is 346 g/mol. The van der Waals surface area contributed by atoms with Crippen LogP contribution in [-0.2, 0) is 0 Å². The summed E-state index contributed by atoms with van der Waals surface area (Å²) in [7, 11) is 1.70. The molecule has 1 N–H and O–H groups in total. The molecule has 110 valence electrons. The van der Waals surface area contributed by atoms with Crippen LogP contribution in [0.1, 0.15) is 11.6 Å². The van der Waals surface area contributed by atoms with Crippen molar-refractivity contribution in [2.75, 3.05) is 31.6 Å². The Morgan fingerprint density at radius 1 is 1.19 bits per heavy atom. The van der Waals surface area contributed by atoms with Crippen molar-refractivity contribution >= 4 is 21.6 Å². The van der Waals surface area contributed by atoms with Crippen molar-refractivity contribution in [2.24, 2.45) is 0 Å². The number of hydrogen-bond acceptors (Lipinski definition) is 3. The van der Waals surface area contributed by atoms with Crippen molar-refractivity contribution < 1.29 is 4.74 Å². The van der Waals surface area contributed by atoms with Gasteiger partial charge in [-0.05, 0) is 33.6 Å². The lowest BCUT2D eigenvalue weighted by Crippen LogP contribution is -2.45. The topological polar surface area (TPSA) is 24.5 Å². The Labute approximate surface area is 134 Å². The average Bonchev–Trinajstić information content (AvgIpc) is 2.56. The zero-order valence-electron chi connectivity index (χ0n) is 12.1. The van der Waals surface area contributed by atoms with Crippen LogP contribution in [0.2, 0.25) is 0 Å². The molecule has 3 nitrogen and oxygen atoms in total. The minimum atomic E-state index is 0.370. The fraction of sp³-hybridized carbons (Fsp3) is 0.294. The van der Waals surface area contributed by atoms with Crippen molar-refractivity contribution in [3.63, 3.8) is 0 Å². The molecule has 2 aromatic carbocycles. The number of benzene rings is 2. The summed E-state index contributed by atoms with van der Waals surface area (Å²) in [6.07, 6.45) is 0. The standard InChI is InChI=1S/C17H19BrN2O/c1-21-17-11-14(7-8-15(17)18)20-10-9-19-16(12-20)13-5-3-2-4-6-13/h2-8,11,16,19H,9-10,12H2,1H3. The second-order valence-electron chi connectivity index (χ2n) is 5.18. The number of ether oxygens (including phenoxy) is 1. The maximum absolute atomic E-state index is 5.40. The zero-order chi connectivity index (χ0) is 14.7. The Hall–Kier alpha value is -1.52. The fourth-order valence-corrected chi connectivity index (χ4v) is 3.15. The molecule has 4 heteroatoms. The highest BCUT2D eigenvalue weighted by molar-refractivity contribution is 9.10. The summed E-state index contributed by atoms with van der Waals surface area (Å²) in [4.78, 5) is 2.41. The Bertz CT molecular complexity index is 603. The molecule has 2 aromatic rings. The third-order valence-electron chi connectivity index (χ3n) is 3.88. The summed E-state index contributed by atoms with van der Waals surface area (Å²) in [5.74, 6) is 0.877. The number of methoxy groups -OCH3 is 1. The van der Waals surface area contributed by atoms with E-state index in [0.29, 0.717) is 6.04 Å². The van der Waals surface area contributed by atoms with E-state index in [2.05, 4.69) is 68.6 Å². The molecule has 0 amide bonds. The quantitative estimate of drug-likeness (QED) is 0.918. The smallest absolute Gasteiger partial charge is 0.135 e. The normalized spacial score (nSPS) is 18.6. The van der Waals surface area contributed by atoms with E-state index < -0.39 is 0 Å². The van der Waals surface area contributed by atoms with E-state index in [4.69, 9.17) is 4.74 Å². The van der Waals surface area contributed by atoms with Crippen LogP contribution in [0, 0.1) is 0 Å². The summed E-state index contributed by atoms with van der Waals surface area (Å²) in [5.41, 5.74) is 2.55. The predicted octanol–water partition coefficient (Wildman–Crippen LogP) is 3.61. The van der Waals surface area contributed by atoms with Gasteiger partial charge in [0.2, 0.25) is 0 Å². The van der Waals surface area contributed by atoms with Crippen molar-refractivity contribution in [1.82, 2.24) is 5.32 Å². The molecule has 1 saturated heterocycles. The van der Waals surface area contributed by atoms with Gasteiger partial charge < -0.3 is 15.0 Å². The first-order chi connectivity index (χ1) is 10.3. The zero-order valence-corrected chi connectivity index (χ0v) is 13.6. The second-order valence-corrected chi connectivity index (χ2v) is 6.04. The molecule has 1 unspecified atom stereocenters. The molecule has 0 bridgehead atoms. The molecule has 1 heterocycles. The molecule has 1 fully saturated rings. The SMILES string of the molecule is COc1cc(N2CCNC(c3ccccc3)C2)ccc1Br. The summed E-state index contributed by atoms with van der Waals surface area (Å²) in [6, 6.07) is 17.3. The van der Waals surface area contributed by atoms with Crippen LogP contribution >= 0.6 is 15.9 Å². The molecular weight excluding hydrogens is 328 g/mol. The van der Waals surface area contributed by atoms with E-state index in [1.807, 2.05) is 6.07 Å². The number of hydrogen-bond donors (Lipinski definition) is 1. The average molecular weight is 347 g/mol. The van der Waals surface area contributed by atoms with Gasteiger partial charge >= 0.3 is 0 Å². The van der Waals surface area contributed by atoms with Gasteiger partial charge in [0, 0.05) is 37.4 Å². The van der Waals surface area contributed by atoms with E-state index in [9.17, 15) is 0 Å². The molecule has 21 heavy (non-hydrogen) atoms. The molecule has 0 aromatic heterocycles. The number of piperazine rings is 1. The maximum Gasteiger partial charge on any atom is 0.135 e. The van der Waals surface area contributed by atoms with Gasteiger partial charge in [0.1, 0.15) is 5.75 Å². The third-order valence-corrected chi connectivity index (χ3v) is 4.53. The van der Waals surface area contributed by atoms with Gasteiger partial charge in [-0.15, -0.1) is 0 Å². The van der Waals surface area contributed by atoms with Crippen LogP contribution in [0.5, 0.6) is 5.75 Å². The predicted molar refractivity (Wildman–Crippen MR) is 90.1 cm³/mol. The van der Waals surface area contributed by atoms with E-state index in [-0.39, 0.29) is 0 Å². The number of anilines is 1. The molecule has 3 rings (SSSR count). The Morgan fingerprint density at radius 3 is 2.76 bits per heavy atom. The van der Waals surface area contributed by atoms with Gasteiger partial charge in [-0.25, -0.2) is 0 Å². The number of halogens is 1. The van der Waals surface area contributed by atoms with Crippen LogP contribution in [-0.4, -0.2) is 26.7 Å². The molecule has 1 aliphatic rings. The lowest BCUT2D eigenvalue weighted by molar-refractivity contribution is 0.411. The highest BCUT2D eigenvalue weighted by Crippen LogP contribution is 2.31. The first-order valence-electron chi connectivity index (χ1n) is 7.15. The molecule has 1 aliphatic heterocycles. The van der Waals surface area contributed by atoms with Crippen molar-refractivity contribution in [3.05, 3.63) is 58.6 Å². The fourth-order valence-electron chi connectivity index (χ4n) is 2.74.